The number of thiophene rings is 1. The van der Waals surface area contributed by atoms with Gasteiger partial charge in [-0.25, -0.2) is 4.39 Å². The minimum Gasteiger partial charge on any atom is -0.485 e. The van der Waals surface area contributed by atoms with Crippen molar-refractivity contribution in [3.05, 3.63) is 50.4 Å². The highest BCUT2D eigenvalue weighted by atomic mass is 79.9. The van der Waals surface area contributed by atoms with Crippen molar-refractivity contribution in [2.45, 2.75) is 19.6 Å². The van der Waals surface area contributed by atoms with Crippen molar-refractivity contribution in [1.82, 2.24) is 0 Å². The van der Waals surface area contributed by atoms with Crippen LogP contribution >= 0.6 is 27.3 Å². The third-order valence-corrected chi connectivity index (χ3v) is 4.03. The second-order valence-corrected chi connectivity index (χ2v) is 6.41. The van der Waals surface area contributed by atoms with E-state index in [-0.39, 0.29) is 5.75 Å². The number of aliphatic hydroxyl groups excluding tert-OH is 1. The van der Waals surface area contributed by atoms with Crippen LogP contribution in [0.15, 0.2) is 34.1 Å². The van der Waals surface area contributed by atoms with E-state index in [0.29, 0.717) is 12.2 Å². The molecule has 1 atom stereocenters. The fourth-order valence-electron chi connectivity index (χ4n) is 1.47. The van der Waals surface area contributed by atoms with Crippen LogP contribution in [0.3, 0.4) is 0 Å². The van der Waals surface area contributed by atoms with Gasteiger partial charge in [0.15, 0.2) is 11.6 Å². The highest BCUT2D eigenvalue weighted by Gasteiger charge is 2.08. The van der Waals surface area contributed by atoms with Crippen molar-refractivity contribution in [1.29, 1.82) is 0 Å². The number of hydrogen-bond acceptors (Lipinski definition) is 3. The zero-order valence-electron chi connectivity index (χ0n) is 9.69. The average molecular weight is 331 g/mol. The normalized spacial score (nSPS) is 12.4. The number of rotatable bonds is 4. The molecule has 0 unspecified atom stereocenters. The molecule has 1 N–H and O–H groups in total. The Hall–Kier alpha value is -0.910. The molecule has 0 aliphatic carbocycles. The molecule has 2 nitrogen and oxygen atoms in total. The highest BCUT2D eigenvalue weighted by molar-refractivity contribution is 9.11. The van der Waals surface area contributed by atoms with E-state index in [1.165, 1.54) is 6.07 Å². The molecule has 1 aromatic carbocycles. The summed E-state index contributed by atoms with van der Waals surface area (Å²) in [6.45, 7) is 1.93. The number of benzene rings is 1. The molecular formula is C13H12BrFO2S. The zero-order chi connectivity index (χ0) is 13.1. The predicted molar refractivity (Wildman–Crippen MR) is 73.4 cm³/mol. The van der Waals surface area contributed by atoms with Gasteiger partial charge >= 0.3 is 0 Å². The smallest absolute Gasteiger partial charge is 0.165 e. The van der Waals surface area contributed by atoms with Crippen LogP contribution < -0.4 is 4.74 Å². The molecule has 0 amide bonds. The first-order chi connectivity index (χ1) is 8.56. The Balaban J connectivity index is 2.05. The van der Waals surface area contributed by atoms with Crippen molar-refractivity contribution in [2.75, 3.05) is 0 Å². The van der Waals surface area contributed by atoms with Crippen LogP contribution in [-0.4, -0.2) is 5.11 Å². The molecule has 18 heavy (non-hydrogen) atoms. The van der Waals surface area contributed by atoms with Crippen LogP contribution in [0.2, 0.25) is 0 Å². The topological polar surface area (TPSA) is 29.5 Å². The van der Waals surface area contributed by atoms with E-state index in [1.54, 1.807) is 30.4 Å². The van der Waals surface area contributed by atoms with Gasteiger partial charge in [-0.1, -0.05) is 6.07 Å². The van der Waals surface area contributed by atoms with Gasteiger partial charge in [0, 0.05) is 4.88 Å². The summed E-state index contributed by atoms with van der Waals surface area (Å²) in [6.07, 6.45) is -0.679. The molecule has 0 fully saturated rings. The summed E-state index contributed by atoms with van der Waals surface area (Å²) < 4.78 is 20.1. The van der Waals surface area contributed by atoms with E-state index in [1.807, 2.05) is 12.1 Å². The van der Waals surface area contributed by atoms with Crippen molar-refractivity contribution in [3.8, 4) is 5.75 Å². The van der Waals surface area contributed by atoms with Gasteiger partial charge in [0.05, 0.1) is 9.89 Å². The quantitative estimate of drug-likeness (QED) is 0.906. The summed E-state index contributed by atoms with van der Waals surface area (Å²) in [4.78, 5) is 1.01. The lowest BCUT2D eigenvalue weighted by atomic mass is 10.1. The Morgan fingerprint density at radius 1 is 1.39 bits per heavy atom. The minimum absolute atomic E-state index is 0.198. The van der Waals surface area contributed by atoms with Crippen LogP contribution in [0.25, 0.3) is 0 Å². The van der Waals surface area contributed by atoms with Gasteiger partial charge in [0.1, 0.15) is 6.61 Å². The Morgan fingerprint density at radius 3 is 2.72 bits per heavy atom. The lowest BCUT2D eigenvalue weighted by Crippen LogP contribution is -1.98. The van der Waals surface area contributed by atoms with E-state index >= 15 is 0 Å². The van der Waals surface area contributed by atoms with Crippen molar-refractivity contribution in [2.24, 2.45) is 0 Å². The molecule has 0 radical (unpaired) electrons. The Kier molecular flexibility index (Phi) is 4.37. The van der Waals surface area contributed by atoms with E-state index in [2.05, 4.69) is 15.9 Å². The molecule has 5 heteroatoms. The fourth-order valence-corrected chi connectivity index (χ4v) is 2.87. The van der Waals surface area contributed by atoms with Gasteiger partial charge in [-0.15, -0.1) is 11.3 Å². The van der Waals surface area contributed by atoms with Gasteiger partial charge in [-0.05, 0) is 52.7 Å². The summed E-state index contributed by atoms with van der Waals surface area (Å²) >= 11 is 4.91. The molecular weight excluding hydrogens is 319 g/mol. The van der Waals surface area contributed by atoms with Crippen molar-refractivity contribution in [3.63, 3.8) is 0 Å². The predicted octanol–water partition coefficient (Wildman–Crippen LogP) is 4.28. The summed E-state index contributed by atoms with van der Waals surface area (Å²) in [6, 6.07) is 8.35. The number of ether oxygens (including phenoxy) is 1. The molecule has 0 spiro atoms. The summed E-state index contributed by atoms with van der Waals surface area (Å²) in [5.74, 6) is -0.257. The molecule has 0 aliphatic rings. The van der Waals surface area contributed by atoms with E-state index in [9.17, 15) is 9.50 Å². The molecule has 0 saturated carbocycles. The fraction of sp³-hybridized carbons (Fsp3) is 0.231. The molecule has 0 bridgehead atoms. The molecule has 2 rings (SSSR count). The summed E-state index contributed by atoms with van der Waals surface area (Å²) in [7, 11) is 0. The van der Waals surface area contributed by atoms with Gasteiger partial charge in [-0.2, -0.15) is 0 Å². The summed E-state index contributed by atoms with van der Waals surface area (Å²) in [5.41, 5.74) is 0.540. The van der Waals surface area contributed by atoms with Crippen molar-refractivity contribution >= 4 is 27.3 Å². The number of hydrogen-bond donors (Lipinski definition) is 1. The minimum atomic E-state index is -0.679. The maximum Gasteiger partial charge on any atom is 0.165 e. The first kappa shape index (κ1) is 13.5. The molecule has 0 saturated heterocycles. The van der Waals surface area contributed by atoms with Crippen LogP contribution in [0, 0.1) is 5.82 Å². The van der Waals surface area contributed by atoms with Gasteiger partial charge in [-0.3, -0.25) is 0 Å². The highest BCUT2D eigenvalue weighted by Crippen LogP contribution is 2.26. The molecule has 1 aromatic heterocycles. The van der Waals surface area contributed by atoms with Crippen LogP contribution in [-0.2, 0) is 6.61 Å². The number of aliphatic hydroxyl groups is 1. The van der Waals surface area contributed by atoms with Crippen molar-refractivity contribution < 1.29 is 14.2 Å². The Bertz CT molecular complexity index is 540. The molecule has 2 aromatic rings. The first-order valence-electron chi connectivity index (χ1n) is 5.41. The zero-order valence-corrected chi connectivity index (χ0v) is 12.1. The lowest BCUT2D eigenvalue weighted by Gasteiger charge is -2.09. The van der Waals surface area contributed by atoms with Gasteiger partial charge < -0.3 is 9.84 Å². The maximum absolute atomic E-state index is 13.7. The first-order valence-corrected chi connectivity index (χ1v) is 7.02. The second-order valence-electron chi connectivity index (χ2n) is 3.86. The van der Waals surface area contributed by atoms with Crippen LogP contribution in [0.5, 0.6) is 5.75 Å². The third kappa shape index (κ3) is 3.31. The molecule has 0 aliphatic heterocycles. The SMILES string of the molecule is C[C@H](O)c1ccc(OCc2ccc(Br)s2)c(F)c1. The van der Waals surface area contributed by atoms with E-state index in [4.69, 9.17) is 4.74 Å². The maximum atomic E-state index is 13.7. The second kappa shape index (κ2) is 5.82. The Labute approximate surface area is 117 Å². The van der Waals surface area contributed by atoms with E-state index < -0.39 is 11.9 Å². The van der Waals surface area contributed by atoms with E-state index in [0.717, 1.165) is 8.66 Å². The third-order valence-electron chi connectivity index (χ3n) is 2.44. The lowest BCUT2D eigenvalue weighted by molar-refractivity contribution is 0.198. The van der Waals surface area contributed by atoms with Crippen LogP contribution in [0.1, 0.15) is 23.5 Å². The largest absolute Gasteiger partial charge is 0.485 e. The summed E-state index contributed by atoms with van der Waals surface area (Å²) in [5, 5.41) is 9.34. The monoisotopic (exact) mass is 330 g/mol. The van der Waals surface area contributed by atoms with Crippen LogP contribution in [0.4, 0.5) is 4.39 Å². The van der Waals surface area contributed by atoms with Gasteiger partial charge in [0.2, 0.25) is 0 Å². The standard InChI is InChI=1S/C13H12BrFO2S/c1-8(16)9-2-4-12(11(15)6-9)17-7-10-3-5-13(14)18-10/h2-6,8,16H,7H2,1H3/t8-/m0/s1. The molecule has 1 heterocycles. The average Bonchev–Trinajstić information content (AvgIpc) is 2.73. The molecule has 96 valence electrons. The number of halogens is 2. The van der Waals surface area contributed by atoms with Gasteiger partial charge in [0.25, 0.3) is 0 Å². The Morgan fingerprint density at radius 2 is 2.17 bits per heavy atom.